The quantitative estimate of drug-likeness (QED) is 0.775. The summed E-state index contributed by atoms with van der Waals surface area (Å²) >= 11 is 0. The van der Waals surface area contributed by atoms with Crippen molar-refractivity contribution >= 4 is 15.7 Å². The van der Waals surface area contributed by atoms with Crippen molar-refractivity contribution in [2.45, 2.75) is 57.1 Å². The summed E-state index contributed by atoms with van der Waals surface area (Å²) in [6, 6.07) is 7.18. The SMILES string of the molecule is CC(C)NS(=O)(=O)c1ccccc1NC1CC(N)C1(C)C. The standard InChI is InChI=1S/C15H25N3O2S/c1-10(2)18-21(19,20)12-8-6-5-7-11(12)17-14-9-13(16)15(14,3)4/h5-8,10,13-14,17-18H,9,16H2,1-4H3. The molecular formula is C15H25N3O2S. The van der Waals surface area contributed by atoms with Crippen molar-refractivity contribution in [1.29, 1.82) is 0 Å². The zero-order valence-corrected chi connectivity index (χ0v) is 13.9. The van der Waals surface area contributed by atoms with E-state index in [0.717, 1.165) is 6.42 Å². The smallest absolute Gasteiger partial charge is 0.242 e. The molecule has 1 aliphatic rings. The molecule has 1 aliphatic carbocycles. The van der Waals surface area contributed by atoms with Gasteiger partial charge in [0, 0.05) is 23.5 Å². The summed E-state index contributed by atoms with van der Waals surface area (Å²) in [5, 5.41) is 3.35. The van der Waals surface area contributed by atoms with E-state index in [0.29, 0.717) is 5.69 Å². The van der Waals surface area contributed by atoms with Crippen LogP contribution in [-0.2, 0) is 10.0 Å². The van der Waals surface area contributed by atoms with Gasteiger partial charge in [-0.3, -0.25) is 0 Å². The summed E-state index contributed by atoms with van der Waals surface area (Å²) in [7, 11) is -3.51. The predicted molar refractivity (Wildman–Crippen MR) is 85.7 cm³/mol. The highest BCUT2D eigenvalue weighted by atomic mass is 32.2. The van der Waals surface area contributed by atoms with Crippen molar-refractivity contribution < 1.29 is 8.42 Å². The Balaban J connectivity index is 2.26. The Labute approximate surface area is 127 Å². The van der Waals surface area contributed by atoms with Crippen LogP contribution in [0.15, 0.2) is 29.2 Å². The van der Waals surface area contributed by atoms with Crippen LogP contribution in [0.1, 0.15) is 34.1 Å². The van der Waals surface area contributed by atoms with E-state index in [-0.39, 0.29) is 28.4 Å². The molecule has 0 aromatic heterocycles. The summed E-state index contributed by atoms with van der Waals surface area (Å²) in [5.74, 6) is 0. The first-order chi connectivity index (χ1) is 9.64. The third-order valence-corrected chi connectivity index (χ3v) is 5.96. The molecule has 0 bridgehead atoms. The van der Waals surface area contributed by atoms with Crippen LogP contribution in [0.5, 0.6) is 0 Å². The summed E-state index contributed by atoms with van der Waals surface area (Å²) in [4.78, 5) is 0.287. The molecule has 2 rings (SSSR count). The molecule has 0 saturated heterocycles. The Bertz CT molecular complexity index is 611. The Morgan fingerprint density at radius 3 is 2.43 bits per heavy atom. The van der Waals surface area contributed by atoms with E-state index in [1.54, 1.807) is 18.2 Å². The third kappa shape index (κ3) is 3.22. The molecule has 1 saturated carbocycles. The van der Waals surface area contributed by atoms with Crippen molar-refractivity contribution in [3.8, 4) is 0 Å². The molecule has 1 fully saturated rings. The fourth-order valence-electron chi connectivity index (χ4n) is 2.59. The largest absolute Gasteiger partial charge is 0.381 e. The summed E-state index contributed by atoms with van der Waals surface area (Å²) in [6.45, 7) is 7.81. The van der Waals surface area contributed by atoms with Gasteiger partial charge in [0.15, 0.2) is 0 Å². The lowest BCUT2D eigenvalue weighted by Crippen LogP contribution is -2.61. The van der Waals surface area contributed by atoms with Crippen LogP contribution < -0.4 is 15.8 Å². The van der Waals surface area contributed by atoms with Crippen molar-refractivity contribution in [2.24, 2.45) is 11.1 Å². The van der Waals surface area contributed by atoms with Crippen molar-refractivity contribution in [3.63, 3.8) is 0 Å². The van der Waals surface area contributed by atoms with Crippen LogP contribution in [0.4, 0.5) is 5.69 Å². The van der Waals surface area contributed by atoms with Gasteiger partial charge in [-0.25, -0.2) is 13.1 Å². The van der Waals surface area contributed by atoms with E-state index in [2.05, 4.69) is 23.9 Å². The Morgan fingerprint density at radius 1 is 1.29 bits per heavy atom. The molecule has 1 aromatic carbocycles. The molecular weight excluding hydrogens is 286 g/mol. The van der Waals surface area contributed by atoms with Gasteiger partial charge >= 0.3 is 0 Å². The molecule has 0 radical (unpaired) electrons. The topological polar surface area (TPSA) is 84.2 Å². The van der Waals surface area contributed by atoms with Gasteiger partial charge in [0.2, 0.25) is 10.0 Å². The lowest BCUT2D eigenvalue weighted by atomic mass is 9.63. The number of hydrogen-bond donors (Lipinski definition) is 3. The maximum absolute atomic E-state index is 12.4. The van der Waals surface area contributed by atoms with Crippen LogP contribution in [0.2, 0.25) is 0 Å². The van der Waals surface area contributed by atoms with Gasteiger partial charge in [0.25, 0.3) is 0 Å². The van der Waals surface area contributed by atoms with E-state index in [1.807, 2.05) is 19.9 Å². The average Bonchev–Trinajstić information content (AvgIpc) is 2.37. The van der Waals surface area contributed by atoms with Crippen LogP contribution in [-0.4, -0.2) is 26.5 Å². The van der Waals surface area contributed by atoms with Gasteiger partial charge in [0.05, 0.1) is 5.69 Å². The van der Waals surface area contributed by atoms with Crippen molar-refractivity contribution in [1.82, 2.24) is 4.72 Å². The highest BCUT2D eigenvalue weighted by Crippen LogP contribution is 2.41. The fourth-order valence-corrected chi connectivity index (χ4v) is 4.01. The van der Waals surface area contributed by atoms with Gasteiger partial charge in [-0.15, -0.1) is 0 Å². The maximum Gasteiger partial charge on any atom is 0.242 e. The van der Waals surface area contributed by atoms with Crippen LogP contribution in [0, 0.1) is 5.41 Å². The molecule has 118 valence electrons. The first kappa shape index (κ1) is 16.3. The van der Waals surface area contributed by atoms with Crippen molar-refractivity contribution in [2.75, 3.05) is 5.32 Å². The highest BCUT2D eigenvalue weighted by molar-refractivity contribution is 7.89. The van der Waals surface area contributed by atoms with Gasteiger partial charge < -0.3 is 11.1 Å². The Morgan fingerprint density at radius 2 is 1.90 bits per heavy atom. The first-order valence-electron chi connectivity index (χ1n) is 7.28. The average molecular weight is 311 g/mol. The normalized spacial score (nSPS) is 24.7. The number of anilines is 1. The summed E-state index contributed by atoms with van der Waals surface area (Å²) in [5.41, 5.74) is 6.61. The monoisotopic (exact) mass is 311 g/mol. The summed E-state index contributed by atoms with van der Waals surface area (Å²) in [6.07, 6.45) is 0.846. The summed E-state index contributed by atoms with van der Waals surface area (Å²) < 4.78 is 27.4. The minimum absolute atomic E-state index is 0.0393. The number of rotatable bonds is 5. The van der Waals surface area contributed by atoms with Gasteiger partial charge in [-0.2, -0.15) is 0 Å². The molecule has 2 unspecified atom stereocenters. The van der Waals surface area contributed by atoms with Crippen LogP contribution >= 0.6 is 0 Å². The second-order valence-electron chi connectivity index (χ2n) is 6.63. The maximum atomic E-state index is 12.4. The third-order valence-electron chi connectivity index (χ3n) is 4.24. The highest BCUT2D eigenvalue weighted by Gasteiger charge is 2.46. The zero-order chi connectivity index (χ0) is 15.8. The predicted octanol–water partition coefficient (Wildman–Crippen LogP) is 1.91. The van der Waals surface area contributed by atoms with Gasteiger partial charge in [0.1, 0.15) is 4.90 Å². The molecule has 0 spiro atoms. The van der Waals surface area contributed by atoms with Crippen LogP contribution in [0.3, 0.4) is 0 Å². The van der Waals surface area contributed by atoms with E-state index in [9.17, 15) is 8.42 Å². The molecule has 0 amide bonds. The molecule has 6 heteroatoms. The second kappa shape index (κ2) is 5.59. The number of hydrogen-bond acceptors (Lipinski definition) is 4. The lowest BCUT2D eigenvalue weighted by molar-refractivity contribution is 0.117. The molecule has 5 nitrogen and oxygen atoms in total. The van der Waals surface area contributed by atoms with E-state index < -0.39 is 10.0 Å². The lowest BCUT2D eigenvalue weighted by Gasteiger charge is -2.51. The zero-order valence-electron chi connectivity index (χ0n) is 13.1. The molecule has 1 aromatic rings. The number of nitrogens with two attached hydrogens (primary N) is 1. The van der Waals surface area contributed by atoms with E-state index in [4.69, 9.17) is 5.73 Å². The molecule has 4 N–H and O–H groups in total. The molecule has 0 aliphatic heterocycles. The number of nitrogens with one attached hydrogen (secondary N) is 2. The number of para-hydroxylation sites is 1. The molecule has 2 atom stereocenters. The minimum Gasteiger partial charge on any atom is -0.381 e. The van der Waals surface area contributed by atoms with E-state index in [1.165, 1.54) is 0 Å². The van der Waals surface area contributed by atoms with Gasteiger partial charge in [-0.05, 0) is 32.4 Å². The van der Waals surface area contributed by atoms with Crippen LogP contribution in [0.25, 0.3) is 0 Å². The first-order valence-corrected chi connectivity index (χ1v) is 8.76. The van der Waals surface area contributed by atoms with E-state index >= 15 is 0 Å². The number of sulfonamides is 1. The Kier molecular flexibility index (Phi) is 4.33. The fraction of sp³-hybridized carbons (Fsp3) is 0.600. The number of benzene rings is 1. The van der Waals surface area contributed by atoms with Gasteiger partial charge in [-0.1, -0.05) is 26.0 Å². The second-order valence-corrected chi connectivity index (χ2v) is 8.32. The van der Waals surface area contributed by atoms with Crippen molar-refractivity contribution in [3.05, 3.63) is 24.3 Å². The molecule has 21 heavy (non-hydrogen) atoms. The molecule has 0 heterocycles. The minimum atomic E-state index is -3.51. The Hall–Kier alpha value is -1.11.